The number of aryl methyl sites for hydroxylation is 1. The van der Waals surface area contributed by atoms with E-state index in [1.807, 2.05) is 6.92 Å². The maximum Gasteiger partial charge on any atom is 0.226 e. The van der Waals surface area contributed by atoms with E-state index in [0.29, 0.717) is 12.3 Å². The fourth-order valence-electron chi connectivity index (χ4n) is 1.61. The lowest BCUT2D eigenvalue weighted by Crippen LogP contribution is -2.15. The maximum atomic E-state index is 13.8. The van der Waals surface area contributed by atoms with Gasteiger partial charge in [-0.1, -0.05) is 35.8 Å². The smallest absolute Gasteiger partial charge is 0.226 e. The second-order valence-corrected chi connectivity index (χ2v) is 4.32. The molecule has 96 valence electrons. The van der Waals surface area contributed by atoms with Crippen molar-refractivity contribution in [2.75, 3.05) is 0 Å². The molecule has 0 radical (unpaired) electrons. The third kappa shape index (κ3) is 2.52. The Kier molecular flexibility index (Phi) is 3.93. The fraction of sp³-hybridized carbons (Fsp3) is 0.333. The van der Waals surface area contributed by atoms with Crippen LogP contribution in [-0.2, 0) is 6.42 Å². The minimum atomic E-state index is -0.780. The fourth-order valence-corrected chi connectivity index (χ4v) is 1.79. The summed E-state index contributed by atoms with van der Waals surface area (Å²) in [5.41, 5.74) is 6.17. The zero-order valence-corrected chi connectivity index (χ0v) is 10.6. The van der Waals surface area contributed by atoms with Gasteiger partial charge >= 0.3 is 0 Å². The third-order valence-electron chi connectivity index (χ3n) is 2.54. The first-order valence-electron chi connectivity index (χ1n) is 5.65. The van der Waals surface area contributed by atoms with Gasteiger partial charge in [0, 0.05) is 12.0 Å². The number of hydrogen-bond acceptors (Lipinski definition) is 4. The lowest BCUT2D eigenvalue weighted by atomic mass is 10.1. The minimum Gasteiger partial charge on any atom is -0.339 e. The van der Waals surface area contributed by atoms with Crippen molar-refractivity contribution in [3.63, 3.8) is 0 Å². The Morgan fingerprint density at radius 3 is 3.00 bits per heavy atom. The lowest BCUT2D eigenvalue weighted by Gasteiger charge is -2.09. The standard InChI is InChI=1S/C12H13ClFN3O/c1-2-4-9-16-12(17-18-9)11(15)7-5-3-6-8(13)10(7)14/h3,5-6,11H,2,4,15H2,1H3. The van der Waals surface area contributed by atoms with Crippen molar-refractivity contribution in [3.8, 4) is 0 Å². The zero-order valence-electron chi connectivity index (χ0n) is 9.86. The molecule has 0 saturated carbocycles. The van der Waals surface area contributed by atoms with Gasteiger partial charge in [0.1, 0.15) is 5.82 Å². The van der Waals surface area contributed by atoms with Gasteiger partial charge in [0.25, 0.3) is 0 Å². The van der Waals surface area contributed by atoms with Gasteiger partial charge in [-0.15, -0.1) is 0 Å². The summed E-state index contributed by atoms with van der Waals surface area (Å²) in [6.45, 7) is 2.00. The summed E-state index contributed by atoms with van der Waals surface area (Å²) < 4.78 is 18.8. The zero-order chi connectivity index (χ0) is 13.1. The topological polar surface area (TPSA) is 64.9 Å². The van der Waals surface area contributed by atoms with Crippen molar-refractivity contribution in [3.05, 3.63) is 46.3 Å². The number of hydrogen-bond donors (Lipinski definition) is 1. The molecule has 6 heteroatoms. The molecule has 18 heavy (non-hydrogen) atoms. The normalized spacial score (nSPS) is 12.7. The Morgan fingerprint density at radius 2 is 2.28 bits per heavy atom. The molecule has 0 saturated heterocycles. The number of nitrogens with zero attached hydrogens (tertiary/aromatic N) is 2. The average Bonchev–Trinajstić information content (AvgIpc) is 2.81. The van der Waals surface area contributed by atoms with Gasteiger partial charge < -0.3 is 10.3 Å². The Labute approximate surface area is 109 Å². The SMILES string of the molecule is CCCc1nc(C(N)c2cccc(Cl)c2F)no1. The number of halogens is 2. The Morgan fingerprint density at radius 1 is 1.50 bits per heavy atom. The van der Waals surface area contributed by atoms with Crippen LogP contribution in [0.1, 0.15) is 36.7 Å². The minimum absolute atomic E-state index is 0.0280. The molecule has 2 rings (SSSR count). The largest absolute Gasteiger partial charge is 0.339 e. The van der Waals surface area contributed by atoms with E-state index in [1.165, 1.54) is 6.07 Å². The van der Waals surface area contributed by atoms with Crippen LogP contribution >= 0.6 is 11.6 Å². The van der Waals surface area contributed by atoms with Crippen molar-refractivity contribution in [2.24, 2.45) is 5.73 Å². The molecule has 0 spiro atoms. The molecule has 2 aromatic rings. The molecule has 0 amide bonds. The van der Waals surface area contributed by atoms with Crippen molar-refractivity contribution in [2.45, 2.75) is 25.8 Å². The second-order valence-electron chi connectivity index (χ2n) is 3.92. The summed E-state index contributed by atoms with van der Waals surface area (Å²) in [6, 6.07) is 3.87. The molecule has 0 aliphatic heterocycles. The molecule has 4 nitrogen and oxygen atoms in total. The molecule has 0 fully saturated rings. The van der Waals surface area contributed by atoms with Crippen LogP contribution in [0.25, 0.3) is 0 Å². The van der Waals surface area contributed by atoms with Crippen LogP contribution in [0.2, 0.25) is 5.02 Å². The van der Waals surface area contributed by atoms with Crippen LogP contribution in [-0.4, -0.2) is 10.1 Å². The summed E-state index contributed by atoms with van der Waals surface area (Å²) in [4.78, 5) is 4.13. The van der Waals surface area contributed by atoms with Gasteiger partial charge in [0.2, 0.25) is 5.89 Å². The van der Waals surface area contributed by atoms with Crippen molar-refractivity contribution < 1.29 is 8.91 Å². The first-order chi connectivity index (χ1) is 8.63. The predicted molar refractivity (Wildman–Crippen MR) is 65.7 cm³/mol. The van der Waals surface area contributed by atoms with Gasteiger partial charge in [-0.25, -0.2) is 4.39 Å². The van der Waals surface area contributed by atoms with E-state index in [-0.39, 0.29) is 16.4 Å². The Bertz CT molecular complexity index is 544. The first kappa shape index (κ1) is 13.0. The molecule has 0 bridgehead atoms. The quantitative estimate of drug-likeness (QED) is 0.927. The summed E-state index contributed by atoms with van der Waals surface area (Å²) >= 11 is 5.71. The summed E-state index contributed by atoms with van der Waals surface area (Å²) in [7, 11) is 0. The van der Waals surface area contributed by atoms with Gasteiger partial charge in [-0.3, -0.25) is 0 Å². The number of aromatic nitrogens is 2. The third-order valence-corrected chi connectivity index (χ3v) is 2.83. The molecule has 1 heterocycles. The molecule has 1 aromatic carbocycles. The van der Waals surface area contributed by atoms with Crippen LogP contribution < -0.4 is 5.73 Å². The molecular weight excluding hydrogens is 257 g/mol. The first-order valence-corrected chi connectivity index (χ1v) is 6.03. The van der Waals surface area contributed by atoms with Crippen LogP contribution in [0.5, 0.6) is 0 Å². The van der Waals surface area contributed by atoms with E-state index >= 15 is 0 Å². The highest BCUT2D eigenvalue weighted by Gasteiger charge is 2.20. The summed E-state index contributed by atoms with van der Waals surface area (Å²) in [5.74, 6) is 0.221. The highest BCUT2D eigenvalue weighted by Crippen LogP contribution is 2.25. The number of benzene rings is 1. The van der Waals surface area contributed by atoms with E-state index in [0.717, 1.165) is 6.42 Å². The van der Waals surface area contributed by atoms with Gasteiger partial charge in [-0.2, -0.15) is 4.98 Å². The molecule has 1 aromatic heterocycles. The van der Waals surface area contributed by atoms with Crippen molar-refractivity contribution in [1.82, 2.24) is 10.1 Å². The second kappa shape index (κ2) is 5.46. The predicted octanol–water partition coefficient (Wildman–Crippen LogP) is 2.86. The highest BCUT2D eigenvalue weighted by molar-refractivity contribution is 6.30. The lowest BCUT2D eigenvalue weighted by molar-refractivity contribution is 0.370. The molecule has 0 aliphatic rings. The summed E-state index contributed by atoms with van der Waals surface area (Å²) in [5, 5.41) is 3.79. The van der Waals surface area contributed by atoms with Gasteiger partial charge in [0.15, 0.2) is 5.82 Å². The molecule has 1 atom stereocenters. The van der Waals surface area contributed by atoms with Crippen LogP contribution in [0.3, 0.4) is 0 Å². The number of rotatable bonds is 4. The highest BCUT2D eigenvalue weighted by atomic mass is 35.5. The molecule has 2 N–H and O–H groups in total. The Balaban J connectivity index is 2.29. The van der Waals surface area contributed by atoms with Crippen molar-refractivity contribution in [1.29, 1.82) is 0 Å². The van der Waals surface area contributed by atoms with E-state index < -0.39 is 11.9 Å². The average molecular weight is 270 g/mol. The Hall–Kier alpha value is -1.46. The number of nitrogens with two attached hydrogens (primary N) is 1. The van der Waals surface area contributed by atoms with E-state index in [4.69, 9.17) is 21.9 Å². The molecular formula is C12H13ClFN3O. The van der Waals surface area contributed by atoms with Gasteiger partial charge in [0.05, 0.1) is 11.1 Å². The van der Waals surface area contributed by atoms with Crippen LogP contribution in [0.4, 0.5) is 4.39 Å². The van der Waals surface area contributed by atoms with Crippen LogP contribution in [0, 0.1) is 5.82 Å². The van der Waals surface area contributed by atoms with E-state index in [9.17, 15) is 4.39 Å². The monoisotopic (exact) mass is 269 g/mol. The molecule has 1 unspecified atom stereocenters. The van der Waals surface area contributed by atoms with Crippen LogP contribution in [0.15, 0.2) is 22.7 Å². The maximum absolute atomic E-state index is 13.8. The van der Waals surface area contributed by atoms with E-state index in [2.05, 4.69) is 10.1 Å². The van der Waals surface area contributed by atoms with E-state index in [1.54, 1.807) is 12.1 Å². The van der Waals surface area contributed by atoms with Gasteiger partial charge in [-0.05, 0) is 12.5 Å². The summed E-state index contributed by atoms with van der Waals surface area (Å²) in [6.07, 6.45) is 1.57. The molecule has 0 aliphatic carbocycles. The van der Waals surface area contributed by atoms with Crippen molar-refractivity contribution >= 4 is 11.6 Å².